The molecule has 1 aliphatic carbocycles. The van der Waals surface area contributed by atoms with Crippen molar-refractivity contribution in [2.75, 3.05) is 0 Å². The normalized spacial score (nSPS) is 25.3. The van der Waals surface area contributed by atoms with E-state index in [9.17, 15) is 20.1 Å². The number of carbonyl (C=O) groups excluding carboxylic acids is 1. The summed E-state index contributed by atoms with van der Waals surface area (Å²) in [5, 5.41) is 30.7. The number of aliphatic carboxylic acids is 1. The number of aliphatic hydroxyl groups is 2. The van der Waals surface area contributed by atoms with Crippen molar-refractivity contribution >= 4 is 5.97 Å². The molecule has 0 saturated heterocycles. The van der Waals surface area contributed by atoms with Crippen molar-refractivity contribution in [3.63, 3.8) is 0 Å². The van der Waals surface area contributed by atoms with Crippen molar-refractivity contribution in [1.82, 2.24) is 0 Å². The minimum Gasteiger partial charge on any atom is -0.550 e. The Kier molecular flexibility index (Phi) is 18.3. The second kappa shape index (κ2) is 17.0. The molecule has 0 heterocycles. The quantitative estimate of drug-likeness (QED) is 0.255. The Bertz CT molecular complexity index is 411. The molecular formula is C20H35NaO5. The second-order valence-corrected chi connectivity index (χ2v) is 6.86. The van der Waals surface area contributed by atoms with Crippen LogP contribution in [-0.4, -0.2) is 33.9 Å². The van der Waals surface area contributed by atoms with E-state index in [2.05, 4.69) is 19.1 Å². The van der Waals surface area contributed by atoms with E-state index < -0.39 is 18.2 Å². The zero-order valence-corrected chi connectivity index (χ0v) is 18.4. The monoisotopic (exact) mass is 378 g/mol. The molecular weight excluding hydrogens is 343 g/mol. The summed E-state index contributed by atoms with van der Waals surface area (Å²) in [5.74, 6) is -0.954. The van der Waals surface area contributed by atoms with E-state index in [0.29, 0.717) is 25.7 Å². The zero-order chi connectivity index (χ0) is 17.8. The molecule has 4 atom stereocenters. The molecule has 26 heavy (non-hydrogen) atoms. The number of aliphatic hydroxyl groups excluding tert-OH is 2. The molecule has 6 heteroatoms. The van der Waals surface area contributed by atoms with E-state index >= 15 is 0 Å². The molecule has 1 saturated carbocycles. The Balaban J connectivity index is 0. The van der Waals surface area contributed by atoms with Crippen LogP contribution in [0, 0.1) is 11.8 Å². The van der Waals surface area contributed by atoms with Crippen molar-refractivity contribution < 1.29 is 55.1 Å². The van der Waals surface area contributed by atoms with Crippen LogP contribution < -0.4 is 34.7 Å². The molecule has 1 rings (SSSR count). The Morgan fingerprint density at radius 1 is 1.04 bits per heavy atom. The topological polar surface area (TPSA) is 112 Å². The average Bonchev–Trinajstić information content (AvgIpc) is 2.80. The van der Waals surface area contributed by atoms with Crippen LogP contribution >= 0.6 is 0 Å². The van der Waals surface area contributed by atoms with E-state index in [0.717, 1.165) is 6.42 Å². The van der Waals surface area contributed by atoms with E-state index in [1.807, 2.05) is 12.2 Å². The first kappa shape index (κ1) is 28.0. The number of carboxylic acid groups (broad SMARTS) is 1. The summed E-state index contributed by atoms with van der Waals surface area (Å²) in [6.45, 7) is 2.20. The number of hydrogen-bond donors (Lipinski definition) is 2. The Morgan fingerprint density at radius 2 is 1.73 bits per heavy atom. The Labute approximate surface area is 180 Å². The summed E-state index contributed by atoms with van der Waals surface area (Å²) in [6.07, 6.45) is 15.7. The fourth-order valence-electron chi connectivity index (χ4n) is 3.38. The van der Waals surface area contributed by atoms with Gasteiger partial charge >= 0.3 is 29.6 Å². The minimum atomic E-state index is -1.01. The zero-order valence-electron chi connectivity index (χ0n) is 16.4. The molecule has 0 aliphatic heterocycles. The Hall–Kier alpha value is -0.170. The van der Waals surface area contributed by atoms with Gasteiger partial charge in [-0.2, -0.15) is 0 Å². The van der Waals surface area contributed by atoms with Crippen molar-refractivity contribution in [2.24, 2.45) is 11.8 Å². The largest absolute Gasteiger partial charge is 1.00 e. The number of hydrogen-bond acceptors (Lipinski definition) is 4. The van der Waals surface area contributed by atoms with Gasteiger partial charge in [-0.25, -0.2) is 0 Å². The van der Waals surface area contributed by atoms with Crippen LogP contribution in [0.15, 0.2) is 24.3 Å². The van der Waals surface area contributed by atoms with Gasteiger partial charge in [0, 0.05) is 18.3 Å². The maximum Gasteiger partial charge on any atom is 1.00 e. The third-order valence-corrected chi connectivity index (χ3v) is 4.83. The molecule has 0 aromatic rings. The van der Waals surface area contributed by atoms with Crippen LogP contribution in [0.2, 0.25) is 0 Å². The van der Waals surface area contributed by atoms with Gasteiger partial charge in [0.2, 0.25) is 0 Å². The third-order valence-electron chi connectivity index (χ3n) is 4.83. The predicted octanol–water partition coefficient (Wildman–Crippen LogP) is -1.08. The SMILES string of the molecule is CCCCCC/C=C/[C@@H]1[C@@H](C/C=C\CCCC(=O)[O-])[C@@H](O)C[C@H]1O.O.[Na+]. The molecule has 0 bridgehead atoms. The van der Waals surface area contributed by atoms with Crippen LogP contribution in [0.25, 0.3) is 0 Å². The molecule has 0 aromatic heterocycles. The van der Waals surface area contributed by atoms with Gasteiger partial charge in [-0.3, -0.25) is 0 Å². The van der Waals surface area contributed by atoms with E-state index in [1.165, 1.54) is 25.7 Å². The van der Waals surface area contributed by atoms with Gasteiger partial charge in [0.15, 0.2) is 0 Å². The van der Waals surface area contributed by atoms with Gasteiger partial charge in [-0.15, -0.1) is 0 Å². The molecule has 0 aromatic carbocycles. The van der Waals surface area contributed by atoms with Gasteiger partial charge in [0.05, 0.1) is 12.2 Å². The van der Waals surface area contributed by atoms with Crippen molar-refractivity contribution in [1.29, 1.82) is 0 Å². The van der Waals surface area contributed by atoms with Crippen LogP contribution in [-0.2, 0) is 4.79 Å². The van der Waals surface area contributed by atoms with Crippen LogP contribution in [0.1, 0.15) is 71.1 Å². The number of allylic oxidation sites excluding steroid dienone is 3. The fraction of sp³-hybridized carbons (Fsp3) is 0.750. The van der Waals surface area contributed by atoms with Crippen LogP contribution in [0.4, 0.5) is 0 Å². The van der Waals surface area contributed by atoms with E-state index in [-0.39, 0.29) is 53.3 Å². The number of carboxylic acids is 1. The van der Waals surface area contributed by atoms with Gasteiger partial charge in [-0.05, 0) is 44.4 Å². The van der Waals surface area contributed by atoms with Gasteiger partial charge in [-0.1, -0.05) is 50.5 Å². The maximum absolute atomic E-state index is 10.3. The number of carbonyl (C=O) groups is 1. The summed E-state index contributed by atoms with van der Waals surface area (Å²) >= 11 is 0. The van der Waals surface area contributed by atoms with Crippen LogP contribution in [0.5, 0.6) is 0 Å². The van der Waals surface area contributed by atoms with Crippen molar-refractivity contribution in [3.05, 3.63) is 24.3 Å². The maximum atomic E-state index is 10.3. The molecule has 0 spiro atoms. The fourth-order valence-corrected chi connectivity index (χ4v) is 3.38. The average molecular weight is 378 g/mol. The molecule has 0 amide bonds. The van der Waals surface area contributed by atoms with E-state index in [4.69, 9.17) is 0 Å². The third kappa shape index (κ3) is 11.5. The molecule has 0 radical (unpaired) electrons. The van der Waals surface area contributed by atoms with Gasteiger partial charge in [0.1, 0.15) is 0 Å². The summed E-state index contributed by atoms with van der Waals surface area (Å²) in [7, 11) is 0. The second-order valence-electron chi connectivity index (χ2n) is 6.86. The molecule has 0 unspecified atom stereocenters. The molecule has 146 valence electrons. The number of rotatable bonds is 12. The van der Waals surface area contributed by atoms with E-state index in [1.54, 1.807) is 0 Å². The molecule has 1 aliphatic rings. The summed E-state index contributed by atoms with van der Waals surface area (Å²) in [4.78, 5) is 10.3. The first-order valence-corrected chi connectivity index (χ1v) is 9.43. The first-order chi connectivity index (χ1) is 11.6. The summed E-state index contributed by atoms with van der Waals surface area (Å²) in [6, 6.07) is 0. The van der Waals surface area contributed by atoms with Crippen LogP contribution in [0.3, 0.4) is 0 Å². The smallest absolute Gasteiger partial charge is 0.550 e. The Morgan fingerprint density at radius 3 is 2.38 bits per heavy atom. The minimum absolute atomic E-state index is 0. The van der Waals surface area contributed by atoms with Crippen molar-refractivity contribution in [3.8, 4) is 0 Å². The standard InChI is InChI=1S/C20H34O4.Na.H2O/c1-2-3-4-5-6-9-12-16-17(19(22)15-18(16)21)13-10-7-8-11-14-20(23)24;;/h7,9-10,12,16-19,21-22H,2-6,8,11,13-15H2,1H3,(H,23,24);;1H2/q;+1;/p-1/b10-7-,12-9+;;/t16-,17-,18-,19+;;/m1../s1. The first-order valence-electron chi connectivity index (χ1n) is 9.43. The molecule has 4 N–H and O–H groups in total. The summed E-state index contributed by atoms with van der Waals surface area (Å²) in [5.41, 5.74) is 0. The van der Waals surface area contributed by atoms with Gasteiger partial charge < -0.3 is 25.6 Å². The predicted molar refractivity (Wildman–Crippen MR) is 97.7 cm³/mol. The van der Waals surface area contributed by atoms with Crippen molar-refractivity contribution in [2.45, 2.75) is 83.3 Å². The summed E-state index contributed by atoms with van der Waals surface area (Å²) < 4.78 is 0. The number of unbranched alkanes of at least 4 members (excludes halogenated alkanes) is 5. The molecule has 5 nitrogen and oxygen atoms in total. The van der Waals surface area contributed by atoms with Gasteiger partial charge in [0.25, 0.3) is 0 Å². The molecule has 1 fully saturated rings.